The van der Waals surface area contributed by atoms with Gasteiger partial charge in [-0.15, -0.1) is 0 Å². The Bertz CT molecular complexity index is 1080. The lowest BCUT2D eigenvalue weighted by Crippen LogP contribution is -2.37. The Morgan fingerprint density at radius 2 is 1.79 bits per heavy atom. The summed E-state index contributed by atoms with van der Waals surface area (Å²) in [4.78, 5) is 12.7. The molecule has 0 saturated carbocycles. The monoisotopic (exact) mass is 412 g/mol. The minimum Gasteiger partial charge on any atom is -0.453 e. The summed E-state index contributed by atoms with van der Waals surface area (Å²) in [7, 11) is -3.47. The zero-order valence-electron chi connectivity index (χ0n) is 16.3. The lowest BCUT2D eigenvalue weighted by atomic mass is 10.0. The average molecular weight is 413 g/mol. The summed E-state index contributed by atoms with van der Waals surface area (Å²) in [5.41, 5.74) is 1.36. The predicted octanol–water partition coefficient (Wildman–Crippen LogP) is 4.15. The summed E-state index contributed by atoms with van der Waals surface area (Å²) in [6, 6.07) is 15.7. The van der Waals surface area contributed by atoms with Crippen LogP contribution >= 0.6 is 0 Å². The molecule has 3 aromatic rings. The van der Waals surface area contributed by atoms with Crippen molar-refractivity contribution in [2.45, 2.75) is 24.7 Å². The summed E-state index contributed by atoms with van der Waals surface area (Å²) in [6.45, 7) is 3.35. The Balaban J connectivity index is 1.39. The number of Topliss-reactive ketones (excluding diaryl/α,β-unsaturated/α-hetero) is 1. The highest BCUT2D eigenvalue weighted by Gasteiger charge is 2.27. The molecule has 4 rings (SSSR count). The van der Waals surface area contributed by atoms with Crippen molar-refractivity contribution in [1.29, 1.82) is 0 Å². The number of rotatable bonds is 6. The number of para-hydroxylation sites is 1. The van der Waals surface area contributed by atoms with Crippen LogP contribution in [0.1, 0.15) is 30.3 Å². The topological polar surface area (TPSA) is 79.6 Å². The van der Waals surface area contributed by atoms with Gasteiger partial charge in [0.15, 0.2) is 5.76 Å². The van der Waals surface area contributed by atoms with Crippen LogP contribution < -0.4 is 5.32 Å². The molecule has 2 aromatic carbocycles. The molecule has 1 fully saturated rings. The van der Waals surface area contributed by atoms with Gasteiger partial charge in [0, 0.05) is 24.2 Å². The Kier molecular flexibility index (Phi) is 5.43. The van der Waals surface area contributed by atoms with Gasteiger partial charge in [0.25, 0.3) is 0 Å². The van der Waals surface area contributed by atoms with Crippen LogP contribution in [0.15, 0.2) is 63.9 Å². The van der Waals surface area contributed by atoms with Crippen LogP contribution in [0.2, 0.25) is 0 Å². The molecule has 0 aliphatic carbocycles. The summed E-state index contributed by atoms with van der Waals surface area (Å²) in [6.07, 6.45) is 1.78. The van der Waals surface area contributed by atoms with Gasteiger partial charge in [0.1, 0.15) is 5.58 Å². The second-order valence-electron chi connectivity index (χ2n) is 7.54. The molecular formula is C22H24N2O4S. The molecule has 0 atom stereocenters. The zero-order valence-corrected chi connectivity index (χ0v) is 17.1. The van der Waals surface area contributed by atoms with E-state index in [0.29, 0.717) is 36.0 Å². The van der Waals surface area contributed by atoms with E-state index in [1.807, 2.05) is 24.3 Å². The van der Waals surface area contributed by atoms with E-state index >= 15 is 0 Å². The number of hydrogen-bond acceptors (Lipinski definition) is 5. The fourth-order valence-electron chi connectivity index (χ4n) is 3.51. The average Bonchev–Trinajstić information content (AvgIpc) is 3.17. The van der Waals surface area contributed by atoms with Gasteiger partial charge in [-0.25, -0.2) is 8.42 Å². The normalized spacial score (nSPS) is 16.2. The molecular weight excluding hydrogens is 388 g/mol. The summed E-state index contributed by atoms with van der Waals surface area (Å²) in [5, 5.41) is 3.92. The van der Waals surface area contributed by atoms with Crippen molar-refractivity contribution >= 4 is 32.5 Å². The second-order valence-corrected chi connectivity index (χ2v) is 9.47. The minimum absolute atomic E-state index is 0.0654. The van der Waals surface area contributed by atoms with E-state index in [1.54, 1.807) is 34.6 Å². The molecule has 0 spiro atoms. The number of hydrogen-bond donors (Lipinski definition) is 1. The van der Waals surface area contributed by atoms with Gasteiger partial charge in [0.05, 0.1) is 11.4 Å². The molecule has 7 heteroatoms. The molecule has 0 bridgehead atoms. The molecule has 2 heterocycles. The van der Waals surface area contributed by atoms with Crippen molar-refractivity contribution in [3.05, 3.63) is 60.4 Å². The molecule has 6 nitrogen and oxygen atoms in total. The Morgan fingerprint density at radius 1 is 1.10 bits per heavy atom. The highest BCUT2D eigenvalue weighted by molar-refractivity contribution is 7.89. The first-order valence-corrected chi connectivity index (χ1v) is 11.2. The van der Waals surface area contributed by atoms with Gasteiger partial charge in [-0.2, -0.15) is 4.31 Å². The first-order chi connectivity index (χ1) is 13.9. The van der Waals surface area contributed by atoms with Gasteiger partial charge in [-0.1, -0.05) is 25.1 Å². The Labute approximate surface area is 170 Å². The molecule has 1 aliphatic rings. The molecule has 1 saturated heterocycles. The van der Waals surface area contributed by atoms with Crippen LogP contribution in [-0.4, -0.2) is 38.1 Å². The van der Waals surface area contributed by atoms with E-state index in [1.165, 1.54) is 0 Å². The van der Waals surface area contributed by atoms with Crippen molar-refractivity contribution in [2.75, 3.05) is 25.0 Å². The van der Waals surface area contributed by atoms with Crippen LogP contribution in [0.3, 0.4) is 0 Å². The van der Waals surface area contributed by atoms with Crippen molar-refractivity contribution < 1.29 is 17.6 Å². The fraction of sp³-hybridized carbons (Fsp3) is 0.318. The molecule has 0 radical (unpaired) electrons. The highest BCUT2D eigenvalue weighted by atomic mass is 32.2. The Hall–Kier alpha value is -2.64. The summed E-state index contributed by atoms with van der Waals surface area (Å²) in [5.74, 6) is 0.704. The lowest BCUT2D eigenvalue weighted by molar-refractivity contribution is 0.0982. The maximum atomic E-state index is 12.8. The fourth-order valence-corrected chi connectivity index (χ4v) is 4.98. The summed E-state index contributed by atoms with van der Waals surface area (Å²) >= 11 is 0. The van der Waals surface area contributed by atoms with Gasteiger partial charge < -0.3 is 9.73 Å². The van der Waals surface area contributed by atoms with Crippen LogP contribution in [0.4, 0.5) is 5.69 Å². The minimum atomic E-state index is -3.47. The van der Waals surface area contributed by atoms with Crippen molar-refractivity contribution in [2.24, 2.45) is 5.92 Å². The third-order valence-corrected chi connectivity index (χ3v) is 7.30. The molecule has 152 valence electrons. The van der Waals surface area contributed by atoms with Crippen molar-refractivity contribution in [1.82, 2.24) is 4.31 Å². The quantitative estimate of drug-likeness (QED) is 0.615. The van der Waals surface area contributed by atoms with E-state index in [9.17, 15) is 13.2 Å². The van der Waals surface area contributed by atoms with Crippen LogP contribution in [0, 0.1) is 5.92 Å². The number of piperidine rings is 1. The third-order valence-electron chi connectivity index (χ3n) is 5.39. The number of benzene rings is 2. The largest absolute Gasteiger partial charge is 0.453 e. The SMILES string of the molecule is CC1CCN(S(=O)(=O)c2ccc(NCC(=O)c3cc4ccccc4o3)cc2)CC1. The molecule has 0 amide bonds. The number of nitrogens with zero attached hydrogens (tertiary/aromatic N) is 1. The number of nitrogens with one attached hydrogen (secondary N) is 1. The van der Waals surface area contributed by atoms with Crippen LogP contribution in [-0.2, 0) is 10.0 Å². The number of ketones is 1. The van der Waals surface area contributed by atoms with E-state index in [0.717, 1.165) is 18.2 Å². The smallest absolute Gasteiger partial charge is 0.243 e. The standard InChI is InChI=1S/C22H24N2O4S/c1-16-10-12-24(13-11-16)29(26,27)19-8-6-18(7-9-19)23-15-20(25)22-14-17-4-2-3-5-21(17)28-22/h2-9,14,16,23H,10-13,15H2,1H3. The highest BCUT2D eigenvalue weighted by Crippen LogP contribution is 2.24. The third kappa shape index (κ3) is 4.21. The first kappa shape index (κ1) is 19.7. The number of carbonyl (C=O) groups excluding carboxylic acids is 1. The second kappa shape index (κ2) is 8.00. The zero-order chi connectivity index (χ0) is 20.4. The summed E-state index contributed by atoms with van der Waals surface area (Å²) < 4.78 is 32.7. The van der Waals surface area contributed by atoms with E-state index in [2.05, 4.69) is 12.2 Å². The molecule has 1 N–H and O–H groups in total. The number of sulfonamides is 1. The predicted molar refractivity (Wildman–Crippen MR) is 113 cm³/mol. The number of anilines is 1. The lowest BCUT2D eigenvalue weighted by Gasteiger charge is -2.29. The molecule has 0 unspecified atom stereocenters. The molecule has 29 heavy (non-hydrogen) atoms. The maximum absolute atomic E-state index is 12.8. The van der Waals surface area contributed by atoms with Gasteiger partial charge >= 0.3 is 0 Å². The number of furan rings is 1. The van der Waals surface area contributed by atoms with E-state index < -0.39 is 10.0 Å². The van der Waals surface area contributed by atoms with Crippen LogP contribution in [0.5, 0.6) is 0 Å². The van der Waals surface area contributed by atoms with E-state index in [4.69, 9.17) is 4.42 Å². The van der Waals surface area contributed by atoms with Crippen molar-refractivity contribution in [3.8, 4) is 0 Å². The van der Waals surface area contributed by atoms with Crippen LogP contribution in [0.25, 0.3) is 11.0 Å². The van der Waals surface area contributed by atoms with Crippen molar-refractivity contribution in [3.63, 3.8) is 0 Å². The number of fused-ring (bicyclic) bond motifs is 1. The van der Waals surface area contributed by atoms with Gasteiger partial charge in [0.2, 0.25) is 15.8 Å². The maximum Gasteiger partial charge on any atom is 0.243 e. The van der Waals surface area contributed by atoms with Gasteiger partial charge in [-0.3, -0.25) is 4.79 Å². The molecule has 1 aliphatic heterocycles. The van der Waals surface area contributed by atoms with Gasteiger partial charge in [-0.05, 0) is 55.2 Å². The Morgan fingerprint density at radius 3 is 2.48 bits per heavy atom. The first-order valence-electron chi connectivity index (χ1n) is 9.79. The molecule has 1 aromatic heterocycles. The van der Waals surface area contributed by atoms with E-state index in [-0.39, 0.29) is 17.2 Å². The number of carbonyl (C=O) groups is 1.